The second kappa shape index (κ2) is 7.96. The third kappa shape index (κ3) is 3.41. The van der Waals surface area contributed by atoms with E-state index in [0.29, 0.717) is 35.1 Å². The van der Waals surface area contributed by atoms with Crippen LogP contribution >= 0.6 is 0 Å². The minimum Gasteiger partial charge on any atom is -0.469 e. The lowest BCUT2D eigenvalue weighted by Crippen LogP contribution is -2.16. The molecule has 9 nitrogen and oxygen atoms in total. The molecule has 4 aromatic rings. The van der Waals surface area contributed by atoms with Crippen LogP contribution in [0.25, 0.3) is 22.1 Å². The van der Waals surface area contributed by atoms with Crippen molar-refractivity contribution >= 4 is 38.1 Å². The number of benzene rings is 1. The fourth-order valence-electron chi connectivity index (χ4n) is 4.80. The minimum absolute atomic E-state index is 0.0802. The number of aliphatic hydroxyl groups is 1. The number of aromatic nitrogens is 4. The van der Waals surface area contributed by atoms with Gasteiger partial charge in [0.25, 0.3) is 10.0 Å². The number of carbonyl (C=O) groups is 1. The largest absolute Gasteiger partial charge is 0.469 e. The summed E-state index contributed by atoms with van der Waals surface area (Å²) in [4.78, 5) is 21.3. The summed E-state index contributed by atoms with van der Waals surface area (Å²) >= 11 is 0. The summed E-state index contributed by atoms with van der Waals surface area (Å²) in [5.41, 5.74) is 1.55. The van der Waals surface area contributed by atoms with E-state index in [2.05, 4.69) is 9.97 Å². The van der Waals surface area contributed by atoms with Gasteiger partial charge in [0.2, 0.25) is 0 Å². The molecule has 3 heterocycles. The van der Waals surface area contributed by atoms with Crippen molar-refractivity contribution in [1.29, 1.82) is 0 Å². The van der Waals surface area contributed by atoms with Gasteiger partial charge in [-0.3, -0.25) is 4.79 Å². The van der Waals surface area contributed by atoms with E-state index >= 15 is 0 Å². The monoisotopic (exact) mass is 468 g/mol. The van der Waals surface area contributed by atoms with Crippen molar-refractivity contribution in [3.63, 3.8) is 0 Å². The predicted molar refractivity (Wildman–Crippen MR) is 121 cm³/mol. The fraction of sp³-hybridized carbons (Fsp3) is 0.348. The number of ether oxygens (including phenoxy) is 1. The van der Waals surface area contributed by atoms with Gasteiger partial charge in [0.15, 0.2) is 5.65 Å². The maximum atomic E-state index is 13.3. The molecule has 0 aliphatic heterocycles. The molecular weight excluding hydrogens is 444 g/mol. The van der Waals surface area contributed by atoms with Gasteiger partial charge in [-0.15, -0.1) is 0 Å². The molecule has 10 heteroatoms. The molecule has 0 bridgehead atoms. The molecule has 3 aromatic heterocycles. The average molecular weight is 469 g/mol. The lowest BCUT2D eigenvalue weighted by molar-refractivity contribution is -0.145. The zero-order chi connectivity index (χ0) is 23.3. The van der Waals surface area contributed by atoms with E-state index < -0.39 is 16.1 Å². The molecule has 1 aromatic carbocycles. The van der Waals surface area contributed by atoms with Gasteiger partial charge < -0.3 is 14.4 Å². The molecule has 1 aliphatic rings. The Morgan fingerprint density at radius 1 is 1.21 bits per heavy atom. The van der Waals surface area contributed by atoms with Crippen molar-refractivity contribution in [2.45, 2.75) is 43.2 Å². The molecular formula is C23H24N4O5S. The summed E-state index contributed by atoms with van der Waals surface area (Å²) in [6, 6.07) is 9.82. The maximum absolute atomic E-state index is 13.3. The molecule has 3 atom stereocenters. The van der Waals surface area contributed by atoms with Crippen LogP contribution in [0, 0.1) is 5.92 Å². The van der Waals surface area contributed by atoms with Crippen LogP contribution in [0.15, 0.2) is 53.7 Å². The molecule has 0 radical (unpaired) electrons. The average Bonchev–Trinajstić information content (AvgIpc) is 3.54. The van der Waals surface area contributed by atoms with E-state index in [9.17, 15) is 18.3 Å². The summed E-state index contributed by atoms with van der Waals surface area (Å²) < 4.78 is 34.6. The molecule has 0 unspecified atom stereocenters. The fourth-order valence-corrected chi connectivity index (χ4v) is 6.13. The Hall–Kier alpha value is -3.24. The van der Waals surface area contributed by atoms with Gasteiger partial charge in [-0.05, 0) is 44.4 Å². The van der Waals surface area contributed by atoms with E-state index in [1.807, 2.05) is 4.57 Å². The predicted octanol–water partition coefficient (Wildman–Crippen LogP) is 3.19. The number of imidazole rings is 1. The summed E-state index contributed by atoms with van der Waals surface area (Å²) in [5, 5.41) is 11.1. The molecule has 172 valence electrons. The quantitative estimate of drug-likeness (QED) is 0.447. The molecule has 0 saturated heterocycles. The Morgan fingerprint density at radius 2 is 1.97 bits per heavy atom. The first-order chi connectivity index (χ1) is 15.8. The number of aliphatic hydroxyl groups excluding tert-OH is 1. The number of rotatable bonds is 5. The van der Waals surface area contributed by atoms with Crippen molar-refractivity contribution < 1.29 is 23.1 Å². The molecule has 1 saturated carbocycles. The van der Waals surface area contributed by atoms with Gasteiger partial charge in [0, 0.05) is 17.6 Å². The van der Waals surface area contributed by atoms with E-state index in [-0.39, 0.29) is 28.5 Å². The first kappa shape index (κ1) is 21.6. The highest BCUT2D eigenvalue weighted by atomic mass is 32.2. The number of esters is 1. The number of nitrogens with zero attached hydrogens (tertiary/aromatic N) is 4. The van der Waals surface area contributed by atoms with Crippen LogP contribution in [0.4, 0.5) is 0 Å². The van der Waals surface area contributed by atoms with E-state index in [4.69, 9.17) is 4.74 Å². The van der Waals surface area contributed by atoms with Crippen molar-refractivity contribution in [3.8, 4) is 0 Å². The van der Waals surface area contributed by atoms with E-state index in [0.717, 1.165) is 6.42 Å². The molecule has 5 rings (SSSR count). The van der Waals surface area contributed by atoms with Crippen LogP contribution in [-0.4, -0.2) is 45.1 Å². The summed E-state index contributed by atoms with van der Waals surface area (Å²) in [6.07, 6.45) is 4.13. The zero-order valence-electron chi connectivity index (χ0n) is 18.2. The molecule has 1 N–H and O–H groups in total. The first-order valence-electron chi connectivity index (χ1n) is 10.8. The molecule has 33 heavy (non-hydrogen) atoms. The third-order valence-electron chi connectivity index (χ3n) is 6.33. The lowest BCUT2D eigenvalue weighted by Gasteiger charge is -2.18. The van der Waals surface area contributed by atoms with Gasteiger partial charge in [0.1, 0.15) is 17.4 Å². The highest BCUT2D eigenvalue weighted by Gasteiger charge is 2.35. The number of carbonyl (C=O) groups excluding carboxylic acids is 1. The van der Waals surface area contributed by atoms with Crippen LogP contribution in [-0.2, 0) is 19.6 Å². The SMILES string of the molecule is COC(=O)[C@H]1CC[C@@H](n2c([C@@H](C)O)nc3cnc4c(ccn4S(=O)(=O)c4ccccc4)c32)C1. The van der Waals surface area contributed by atoms with Crippen LogP contribution in [0.1, 0.15) is 44.2 Å². The molecule has 0 spiro atoms. The van der Waals surface area contributed by atoms with Crippen LogP contribution in [0.3, 0.4) is 0 Å². The summed E-state index contributed by atoms with van der Waals surface area (Å²) in [6.45, 7) is 1.64. The summed E-state index contributed by atoms with van der Waals surface area (Å²) in [7, 11) is -2.46. The molecule has 1 fully saturated rings. The van der Waals surface area contributed by atoms with Crippen molar-refractivity contribution in [3.05, 3.63) is 54.6 Å². The number of pyridine rings is 1. The number of methoxy groups -OCH3 is 1. The Labute approximate surface area is 190 Å². The highest BCUT2D eigenvalue weighted by molar-refractivity contribution is 7.90. The van der Waals surface area contributed by atoms with Crippen molar-refractivity contribution in [2.75, 3.05) is 7.11 Å². The summed E-state index contributed by atoms with van der Waals surface area (Å²) in [5.74, 6) is 0.000560. The third-order valence-corrected chi connectivity index (χ3v) is 8.01. The Bertz CT molecular complexity index is 1460. The standard InChI is InChI=1S/C23H24N4O5S/c1-14(28)21-25-19-13-24-22-18(10-11-26(22)33(30,31)17-6-4-3-5-7-17)20(19)27(21)16-9-8-15(12-16)23(29)32-2/h3-7,10-11,13-16,28H,8-9,12H2,1-2H3/t14-,15+,16-/m1/s1. The van der Waals surface area contributed by atoms with Gasteiger partial charge >= 0.3 is 5.97 Å². The second-order valence-corrected chi connectivity index (χ2v) is 10.2. The number of hydrogen-bond acceptors (Lipinski definition) is 7. The van der Waals surface area contributed by atoms with Gasteiger partial charge in [-0.2, -0.15) is 0 Å². The van der Waals surface area contributed by atoms with E-state index in [1.165, 1.54) is 23.5 Å². The van der Waals surface area contributed by atoms with E-state index in [1.54, 1.807) is 43.3 Å². The van der Waals surface area contributed by atoms with Crippen molar-refractivity contribution in [2.24, 2.45) is 5.92 Å². The van der Waals surface area contributed by atoms with Crippen LogP contribution < -0.4 is 0 Å². The maximum Gasteiger partial charge on any atom is 0.308 e. The topological polar surface area (TPSA) is 116 Å². The normalized spacial score (nSPS) is 19.8. The first-order valence-corrected chi connectivity index (χ1v) is 12.2. The Kier molecular flexibility index (Phi) is 5.21. The van der Waals surface area contributed by atoms with Crippen LogP contribution in [0.5, 0.6) is 0 Å². The van der Waals surface area contributed by atoms with Crippen molar-refractivity contribution in [1.82, 2.24) is 18.5 Å². The van der Waals surface area contributed by atoms with Gasteiger partial charge in [0.05, 0.1) is 29.6 Å². The number of hydrogen-bond donors (Lipinski definition) is 1. The van der Waals surface area contributed by atoms with Gasteiger partial charge in [-0.1, -0.05) is 18.2 Å². The van der Waals surface area contributed by atoms with Gasteiger partial charge in [-0.25, -0.2) is 22.4 Å². The molecule has 1 aliphatic carbocycles. The number of fused-ring (bicyclic) bond motifs is 3. The minimum atomic E-state index is -3.84. The highest BCUT2D eigenvalue weighted by Crippen LogP contribution is 2.40. The lowest BCUT2D eigenvalue weighted by atomic mass is 10.1. The smallest absolute Gasteiger partial charge is 0.308 e. The molecule has 0 amide bonds. The second-order valence-electron chi connectivity index (χ2n) is 8.36. The van der Waals surface area contributed by atoms with Crippen LogP contribution in [0.2, 0.25) is 0 Å². The Morgan fingerprint density at radius 3 is 2.67 bits per heavy atom. The zero-order valence-corrected chi connectivity index (χ0v) is 19.1. The Balaban J connectivity index is 1.70.